The minimum absolute atomic E-state index is 0.0235. The SMILES string of the molecule is CN1CCN(c2cc(C(=N)c3ccc(F)c(OC4(C)CC4)c3)ncn2)CC1=O. The highest BCUT2D eigenvalue weighted by molar-refractivity contribution is 6.10. The third-order valence-corrected chi connectivity index (χ3v) is 5.22. The first-order chi connectivity index (χ1) is 13.3. The van der Waals surface area contributed by atoms with Crippen molar-refractivity contribution in [2.45, 2.75) is 25.4 Å². The number of benzene rings is 1. The van der Waals surface area contributed by atoms with Gasteiger partial charge < -0.3 is 14.5 Å². The fourth-order valence-corrected chi connectivity index (χ4v) is 3.04. The molecule has 1 aromatic heterocycles. The largest absolute Gasteiger partial charge is 0.484 e. The van der Waals surface area contributed by atoms with E-state index >= 15 is 0 Å². The van der Waals surface area contributed by atoms with E-state index in [0.717, 1.165) is 12.8 Å². The van der Waals surface area contributed by atoms with E-state index in [2.05, 4.69) is 9.97 Å². The minimum Gasteiger partial charge on any atom is -0.484 e. The van der Waals surface area contributed by atoms with Crippen LogP contribution in [0.25, 0.3) is 0 Å². The molecule has 1 saturated heterocycles. The third-order valence-electron chi connectivity index (χ3n) is 5.22. The Morgan fingerprint density at radius 2 is 2.04 bits per heavy atom. The normalized spacial score (nSPS) is 18.2. The fourth-order valence-electron chi connectivity index (χ4n) is 3.04. The molecule has 2 fully saturated rings. The van der Waals surface area contributed by atoms with Crippen LogP contribution in [0.2, 0.25) is 0 Å². The molecule has 1 aliphatic heterocycles. The molecule has 7 nitrogen and oxygen atoms in total. The van der Waals surface area contributed by atoms with Gasteiger partial charge in [0.25, 0.3) is 0 Å². The number of likely N-dealkylation sites (N-methyl/N-ethyl adjacent to an activating group) is 1. The number of ether oxygens (including phenoxy) is 1. The average Bonchev–Trinajstić information content (AvgIpc) is 3.42. The van der Waals surface area contributed by atoms with Gasteiger partial charge in [0.15, 0.2) is 11.6 Å². The summed E-state index contributed by atoms with van der Waals surface area (Å²) >= 11 is 0. The molecule has 0 atom stereocenters. The predicted octanol–water partition coefficient (Wildman–Crippen LogP) is 2.24. The van der Waals surface area contributed by atoms with Gasteiger partial charge >= 0.3 is 0 Å². The van der Waals surface area contributed by atoms with Crippen LogP contribution < -0.4 is 9.64 Å². The van der Waals surface area contributed by atoms with Gasteiger partial charge in [0.2, 0.25) is 5.91 Å². The monoisotopic (exact) mass is 383 g/mol. The summed E-state index contributed by atoms with van der Waals surface area (Å²) in [5.41, 5.74) is 0.763. The van der Waals surface area contributed by atoms with E-state index in [1.165, 1.54) is 12.4 Å². The standard InChI is InChI=1S/C20H22FN5O2/c1-20(5-6-20)28-16-9-13(3-4-14(16)21)19(22)15-10-17(24-12-23-15)26-8-7-25(2)18(27)11-26/h3-4,9-10,12,22H,5-8,11H2,1-2H3. The lowest BCUT2D eigenvalue weighted by atomic mass is 10.1. The maximum Gasteiger partial charge on any atom is 0.241 e. The van der Waals surface area contributed by atoms with Gasteiger partial charge in [0.1, 0.15) is 17.7 Å². The zero-order valence-electron chi connectivity index (χ0n) is 15.9. The van der Waals surface area contributed by atoms with E-state index in [1.54, 1.807) is 30.1 Å². The molecule has 4 rings (SSSR count). The number of carbonyl (C=O) groups excluding carboxylic acids is 1. The van der Waals surface area contributed by atoms with Crippen LogP contribution in [0, 0.1) is 11.2 Å². The lowest BCUT2D eigenvalue weighted by Gasteiger charge is -2.32. The molecule has 2 aromatic rings. The molecule has 1 aliphatic carbocycles. The van der Waals surface area contributed by atoms with Crippen LogP contribution in [0.4, 0.5) is 10.2 Å². The lowest BCUT2D eigenvalue weighted by molar-refractivity contribution is -0.129. The molecule has 1 saturated carbocycles. The second-order valence-electron chi connectivity index (χ2n) is 7.57. The number of piperazine rings is 1. The number of nitrogens with one attached hydrogen (secondary N) is 1. The molecule has 2 heterocycles. The van der Waals surface area contributed by atoms with Crippen LogP contribution in [0.1, 0.15) is 31.0 Å². The Morgan fingerprint density at radius 1 is 1.25 bits per heavy atom. The number of anilines is 1. The molecular formula is C20H22FN5O2. The van der Waals surface area contributed by atoms with Gasteiger partial charge in [-0.1, -0.05) is 0 Å². The van der Waals surface area contributed by atoms with Gasteiger partial charge in [-0.15, -0.1) is 0 Å². The van der Waals surface area contributed by atoms with Gasteiger partial charge in [-0.3, -0.25) is 10.2 Å². The summed E-state index contributed by atoms with van der Waals surface area (Å²) in [6.07, 6.45) is 3.18. The molecule has 8 heteroatoms. The molecule has 0 spiro atoms. The molecule has 1 aromatic carbocycles. The van der Waals surface area contributed by atoms with Gasteiger partial charge in [-0.05, 0) is 38.0 Å². The van der Waals surface area contributed by atoms with Crippen LogP contribution in [0.3, 0.4) is 0 Å². The quantitative estimate of drug-likeness (QED) is 0.801. The number of hydrogen-bond donors (Lipinski definition) is 1. The highest BCUT2D eigenvalue weighted by Crippen LogP contribution is 2.40. The molecule has 0 radical (unpaired) electrons. The fraction of sp³-hybridized carbons (Fsp3) is 0.400. The number of rotatable bonds is 5. The number of halogens is 1. The van der Waals surface area contributed by atoms with Crippen molar-refractivity contribution in [3.05, 3.63) is 47.7 Å². The highest BCUT2D eigenvalue weighted by atomic mass is 19.1. The number of amides is 1. The van der Waals surface area contributed by atoms with Crippen molar-refractivity contribution in [2.24, 2.45) is 0 Å². The summed E-state index contributed by atoms with van der Waals surface area (Å²) in [6.45, 7) is 3.47. The lowest BCUT2D eigenvalue weighted by Crippen LogP contribution is -2.48. The van der Waals surface area contributed by atoms with E-state index < -0.39 is 5.82 Å². The zero-order valence-corrected chi connectivity index (χ0v) is 15.9. The van der Waals surface area contributed by atoms with Gasteiger partial charge in [0.05, 0.1) is 18.0 Å². The minimum atomic E-state index is -0.441. The molecular weight excluding hydrogens is 361 g/mol. The second-order valence-corrected chi connectivity index (χ2v) is 7.57. The zero-order chi connectivity index (χ0) is 19.9. The van der Waals surface area contributed by atoms with E-state index in [0.29, 0.717) is 30.2 Å². The van der Waals surface area contributed by atoms with Crippen LogP contribution in [-0.4, -0.2) is 58.8 Å². The van der Waals surface area contributed by atoms with E-state index in [1.807, 2.05) is 11.8 Å². The summed E-state index contributed by atoms with van der Waals surface area (Å²) in [7, 11) is 1.77. The Hall–Kier alpha value is -3.03. The van der Waals surface area contributed by atoms with E-state index in [9.17, 15) is 9.18 Å². The van der Waals surface area contributed by atoms with Crippen LogP contribution in [-0.2, 0) is 4.79 Å². The summed E-state index contributed by atoms with van der Waals surface area (Å²) in [6, 6.07) is 6.09. The van der Waals surface area contributed by atoms with Gasteiger partial charge in [0, 0.05) is 31.8 Å². The number of hydrogen-bond acceptors (Lipinski definition) is 6. The van der Waals surface area contributed by atoms with Crippen LogP contribution >= 0.6 is 0 Å². The Kier molecular flexibility index (Phi) is 4.49. The van der Waals surface area contributed by atoms with Crippen LogP contribution in [0.15, 0.2) is 30.6 Å². The first-order valence-electron chi connectivity index (χ1n) is 9.23. The molecule has 1 N–H and O–H groups in total. The van der Waals surface area contributed by atoms with Gasteiger partial charge in [-0.2, -0.15) is 0 Å². The summed E-state index contributed by atoms with van der Waals surface area (Å²) < 4.78 is 19.9. The highest BCUT2D eigenvalue weighted by Gasteiger charge is 2.40. The molecule has 28 heavy (non-hydrogen) atoms. The maximum absolute atomic E-state index is 14.1. The Bertz CT molecular complexity index is 944. The van der Waals surface area contributed by atoms with Crippen molar-refractivity contribution >= 4 is 17.4 Å². The maximum atomic E-state index is 14.1. The number of carbonyl (C=O) groups is 1. The van der Waals surface area contributed by atoms with Crippen LogP contribution in [0.5, 0.6) is 5.75 Å². The molecule has 2 aliphatic rings. The van der Waals surface area contributed by atoms with Crippen molar-refractivity contribution in [1.82, 2.24) is 14.9 Å². The Labute approximate surface area is 162 Å². The van der Waals surface area contributed by atoms with Crippen molar-refractivity contribution in [3.8, 4) is 5.75 Å². The summed E-state index contributed by atoms with van der Waals surface area (Å²) in [5.74, 6) is 0.334. The van der Waals surface area contributed by atoms with Crippen molar-refractivity contribution in [2.75, 3.05) is 31.6 Å². The van der Waals surface area contributed by atoms with E-state index in [-0.39, 0.29) is 29.5 Å². The number of aromatic nitrogens is 2. The van der Waals surface area contributed by atoms with Crippen molar-refractivity contribution in [3.63, 3.8) is 0 Å². The van der Waals surface area contributed by atoms with Crippen molar-refractivity contribution < 1.29 is 13.9 Å². The molecule has 0 bridgehead atoms. The smallest absolute Gasteiger partial charge is 0.241 e. The molecule has 146 valence electrons. The number of nitrogens with zero attached hydrogens (tertiary/aromatic N) is 4. The predicted molar refractivity (Wildman–Crippen MR) is 102 cm³/mol. The van der Waals surface area contributed by atoms with Crippen molar-refractivity contribution in [1.29, 1.82) is 5.41 Å². The molecule has 1 amide bonds. The van der Waals surface area contributed by atoms with E-state index in [4.69, 9.17) is 10.1 Å². The summed E-state index contributed by atoms with van der Waals surface area (Å²) in [5, 5.41) is 8.50. The molecule has 0 unspecified atom stereocenters. The summed E-state index contributed by atoms with van der Waals surface area (Å²) in [4.78, 5) is 23.9. The first-order valence-corrected chi connectivity index (χ1v) is 9.23. The third kappa shape index (κ3) is 3.67. The topological polar surface area (TPSA) is 82.4 Å². The average molecular weight is 383 g/mol. The van der Waals surface area contributed by atoms with Gasteiger partial charge in [-0.25, -0.2) is 14.4 Å². The Morgan fingerprint density at radius 3 is 2.75 bits per heavy atom. The second kappa shape index (κ2) is 6.85. The first kappa shape index (κ1) is 18.3. The Balaban J connectivity index is 1.57.